The first-order valence-electron chi connectivity index (χ1n) is 8.23. The largest absolute Gasteiger partial charge is 0.332 e. The molecule has 0 bridgehead atoms. The van der Waals surface area contributed by atoms with Crippen molar-refractivity contribution in [3.05, 3.63) is 77.5 Å². The van der Waals surface area contributed by atoms with Gasteiger partial charge in [-0.25, -0.2) is 9.97 Å². The van der Waals surface area contributed by atoms with E-state index in [1.165, 1.54) is 0 Å². The van der Waals surface area contributed by atoms with Crippen LogP contribution in [0.4, 0.5) is 0 Å². The number of nitrogens with zero attached hydrogens (tertiary/aromatic N) is 4. The number of benzene rings is 1. The van der Waals surface area contributed by atoms with Gasteiger partial charge >= 0.3 is 0 Å². The van der Waals surface area contributed by atoms with Gasteiger partial charge in [0.25, 0.3) is 5.91 Å². The standard InChI is InChI=1S/C19H17ClN4O/c20-16-6-3-14(4-7-16)17-2-1-10-24(17)19(25)15-5-8-18(22-12-15)23-11-9-21-13-23/h3-9,11-13,17H,1-2,10H2. The Morgan fingerprint density at radius 3 is 2.68 bits per heavy atom. The van der Waals surface area contributed by atoms with E-state index >= 15 is 0 Å². The second kappa shape index (κ2) is 6.69. The minimum atomic E-state index is 0.0159. The van der Waals surface area contributed by atoms with E-state index in [9.17, 15) is 4.79 Å². The van der Waals surface area contributed by atoms with Crippen molar-refractivity contribution in [1.82, 2.24) is 19.4 Å². The molecule has 1 aromatic carbocycles. The molecular weight excluding hydrogens is 336 g/mol. The molecule has 1 fully saturated rings. The molecule has 1 unspecified atom stereocenters. The molecule has 0 N–H and O–H groups in total. The van der Waals surface area contributed by atoms with Crippen LogP contribution in [-0.2, 0) is 0 Å². The lowest BCUT2D eigenvalue weighted by Crippen LogP contribution is -2.30. The third-order valence-electron chi connectivity index (χ3n) is 4.53. The average Bonchev–Trinajstić information content (AvgIpc) is 3.34. The third kappa shape index (κ3) is 3.15. The quantitative estimate of drug-likeness (QED) is 0.718. The first kappa shape index (κ1) is 15.8. The number of imidazole rings is 1. The van der Waals surface area contributed by atoms with Crippen molar-refractivity contribution < 1.29 is 4.79 Å². The topological polar surface area (TPSA) is 51.0 Å². The molecule has 2 aromatic heterocycles. The summed E-state index contributed by atoms with van der Waals surface area (Å²) in [6.07, 6.45) is 8.80. The monoisotopic (exact) mass is 352 g/mol. The molecule has 3 heterocycles. The Morgan fingerprint density at radius 1 is 1.16 bits per heavy atom. The van der Waals surface area contributed by atoms with Crippen LogP contribution in [0.3, 0.4) is 0 Å². The van der Waals surface area contributed by atoms with Gasteiger partial charge in [-0.2, -0.15) is 0 Å². The lowest BCUT2D eigenvalue weighted by Gasteiger charge is -2.25. The maximum atomic E-state index is 12.9. The fourth-order valence-corrected chi connectivity index (χ4v) is 3.39. The lowest BCUT2D eigenvalue weighted by molar-refractivity contribution is 0.0735. The minimum Gasteiger partial charge on any atom is -0.332 e. The molecule has 126 valence electrons. The SMILES string of the molecule is O=C(c1ccc(-n2ccnc2)nc1)N1CCCC1c1ccc(Cl)cc1. The highest BCUT2D eigenvalue weighted by atomic mass is 35.5. The fourth-order valence-electron chi connectivity index (χ4n) is 3.27. The highest BCUT2D eigenvalue weighted by Crippen LogP contribution is 2.33. The van der Waals surface area contributed by atoms with Gasteiger partial charge in [-0.15, -0.1) is 0 Å². The number of rotatable bonds is 3. The highest BCUT2D eigenvalue weighted by molar-refractivity contribution is 6.30. The zero-order chi connectivity index (χ0) is 17.2. The third-order valence-corrected chi connectivity index (χ3v) is 4.78. The summed E-state index contributed by atoms with van der Waals surface area (Å²) >= 11 is 5.98. The summed E-state index contributed by atoms with van der Waals surface area (Å²) in [7, 11) is 0. The fraction of sp³-hybridized carbons (Fsp3) is 0.211. The van der Waals surface area contributed by atoms with E-state index in [1.54, 1.807) is 23.3 Å². The molecule has 1 aliphatic heterocycles. The second-order valence-corrected chi connectivity index (χ2v) is 6.52. The molecule has 25 heavy (non-hydrogen) atoms. The molecule has 0 radical (unpaired) electrons. The number of halogens is 1. The lowest BCUT2D eigenvalue weighted by atomic mass is 10.0. The molecule has 5 nitrogen and oxygen atoms in total. The van der Waals surface area contributed by atoms with Gasteiger partial charge in [-0.05, 0) is 42.7 Å². The van der Waals surface area contributed by atoms with E-state index in [-0.39, 0.29) is 11.9 Å². The van der Waals surface area contributed by atoms with Crippen molar-refractivity contribution in [2.45, 2.75) is 18.9 Å². The van der Waals surface area contributed by atoms with Gasteiger partial charge in [-0.3, -0.25) is 9.36 Å². The predicted octanol–water partition coefficient (Wildman–Crippen LogP) is 3.90. The van der Waals surface area contributed by atoms with Crippen LogP contribution in [0, 0.1) is 0 Å². The molecule has 6 heteroatoms. The van der Waals surface area contributed by atoms with Crippen LogP contribution in [0.15, 0.2) is 61.3 Å². The number of likely N-dealkylation sites (tertiary alicyclic amines) is 1. The molecular formula is C19H17ClN4O. The van der Waals surface area contributed by atoms with Crippen LogP contribution >= 0.6 is 11.6 Å². The Kier molecular flexibility index (Phi) is 4.24. The zero-order valence-corrected chi connectivity index (χ0v) is 14.3. The smallest absolute Gasteiger partial charge is 0.255 e. The summed E-state index contributed by atoms with van der Waals surface area (Å²) in [4.78, 5) is 23.3. The summed E-state index contributed by atoms with van der Waals surface area (Å²) in [6, 6.07) is 11.5. The Balaban J connectivity index is 1.56. The zero-order valence-electron chi connectivity index (χ0n) is 13.5. The normalized spacial score (nSPS) is 17.0. The van der Waals surface area contributed by atoms with Crippen LogP contribution < -0.4 is 0 Å². The number of hydrogen-bond donors (Lipinski definition) is 0. The molecule has 1 atom stereocenters. The van der Waals surface area contributed by atoms with E-state index in [1.807, 2.05) is 47.5 Å². The second-order valence-electron chi connectivity index (χ2n) is 6.08. The van der Waals surface area contributed by atoms with E-state index in [2.05, 4.69) is 9.97 Å². The van der Waals surface area contributed by atoms with E-state index in [0.29, 0.717) is 10.6 Å². The molecule has 1 amide bonds. The van der Waals surface area contributed by atoms with Crippen molar-refractivity contribution in [1.29, 1.82) is 0 Å². The van der Waals surface area contributed by atoms with Gasteiger partial charge < -0.3 is 4.90 Å². The molecule has 3 aromatic rings. The molecule has 4 rings (SSSR count). The van der Waals surface area contributed by atoms with E-state index in [4.69, 9.17) is 11.6 Å². The Morgan fingerprint density at radius 2 is 2.00 bits per heavy atom. The number of pyridine rings is 1. The average molecular weight is 353 g/mol. The summed E-state index contributed by atoms with van der Waals surface area (Å²) in [6.45, 7) is 0.759. The summed E-state index contributed by atoms with van der Waals surface area (Å²) in [5.74, 6) is 0.756. The number of hydrogen-bond acceptors (Lipinski definition) is 3. The van der Waals surface area contributed by atoms with Crippen molar-refractivity contribution in [2.75, 3.05) is 6.54 Å². The maximum Gasteiger partial charge on any atom is 0.255 e. The van der Waals surface area contributed by atoms with Crippen LogP contribution in [0.25, 0.3) is 5.82 Å². The summed E-state index contributed by atoms with van der Waals surface area (Å²) in [5, 5.41) is 0.707. The summed E-state index contributed by atoms with van der Waals surface area (Å²) < 4.78 is 1.81. The highest BCUT2D eigenvalue weighted by Gasteiger charge is 2.30. The van der Waals surface area contributed by atoms with E-state index < -0.39 is 0 Å². The van der Waals surface area contributed by atoms with E-state index in [0.717, 1.165) is 30.8 Å². The van der Waals surface area contributed by atoms with Crippen LogP contribution in [0.1, 0.15) is 34.8 Å². The van der Waals surface area contributed by atoms with Crippen molar-refractivity contribution >= 4 is 17.5 Å². The van der Waals surface area contributed by atoms with Gasteiger partial charge in [0.05, 0.1) is 11.6 Å². The van der Waals surface area contributed by atoms with Crippen LogP contribution in [-0.4, -0.2) is 31.9 Å². The van der Waals surface area contributed by atoms with Crippen LogP contribution in [0.2, 0.25) is 5.02 Å². The van der Waals surface area contributed by atoms with Gasteiger partial charge in [0.2, 0.25) is 0 Å². The van der Waals surface area contributed by atoms with Crippen LogP contribution in [0.5, 0.6) is 0 Å². The van der Waals surface area contributed by atoms with Gasteiger partial charge in [0.15, 0.2) is 0 Å². The molecule has 0 saturated carbocycles. The molecule has 0 aliphatic carbocycles. The first-order valence-corrected chi connectivity index (χ1v) is 8.61. The van der Waals surface area contributed by atoms with Gasteiger partial charge in [0, 0.05) is 30.2 Å². The Bertz CT molecular complexity index is 859. The van der Waals surface area contributed by atoms with Crippen molar-refractivity contribution in [3.63, 3.8) is 0 Å². The number of carbonyl (C=O) groups excluding carboxylic acids is 1. The maximum absolute atomic E-state index is 12.9. The first-order chi connectivity index (χ1) is 12.2. The van der Waals surface area contributed by atoms with Crippen molar-refractivity contribution in [2.24, 2.45) is 0 Å². The van der Waals surface area contributed by atoms with Gasteiger partial charge in [-0.1, -0.05) is 23.7 Å². The Hall–Kier alpha value is -2.66. The molecule has 0 spiro atoms. The summed E-state index contributed by atoms with van der Waals surface area (Å²) in [5.41, 5.74) is 1.72. The molecule has 1 aliphatic rings. The predicted molar refractivity (Wildman–Crippen MR) is 95.8 cm³/mol. The molecule has 1 saturated heterocycles. The number of amides is 1. The van der Waals surface area contributed by atoms with Gasteiger partial charge in [0.1, 0.15) is 12.1 Å². The Labute approximate surface area is 150 Å². The minimum absolute atomic E-state index is 0.0159. The number of aromatic nitrogens is 3. The number of carbonyl (C=O) groups is 1. The van der Waals surface area contributed by atoms with Crippen molar-refractivity contribution in [3.8, 4) is 5.82 Å².